The summed E-state index contributed by atoms with van der Waals surface area (Å²) in [5.74, 6) is 0. The van der Waals surface area contributed by atoms with Crippen molar-refractivity contribution >= 4 is 11.7 Å². The number of anilines is 1. The molecule has 0 aliphatic rings. The molecule has 0 atom stereocenters. The van der Waals surface area contributed by atoms with Crippen molar-refractivity contribution < 1.29 is 4.79 Å². The molecule has 0 radical (unpaired) electrons. The van der Waals surface area contributed by atoms with E-state index in [0.29, 0.717) is 0 Å². The number of nitrogens with one attached hydrogen (secondary N) is 3. The average Bonchev–Trinajstić information content (AvgIpc) is 2.50. The largest absolute Gasteiger partial charge is 0.336 e. The van der Waals surface area contributed by atoms with Crippen molar-refractivity contribution in [1.82, 2.24) is 10.6 Å². The number of hydrogen-bond acceptors (Lipinski definition) is 2. The molecule has 2 aromatic rings. The molecule has 0 aliphatic carbocycles. The molecule has 0 aromatic heterocycles. The molecule has 0 spiro atoms. The Morgan fingerprint density at radius 3 is 2.35 bits per heavy atom. The van der Waals surface area contributed by atoms with E-state index in [0.717, 1.165) is 18.8 Å². The molecule has 3 N–H and O–H groups in total. The highest BCUT2D eigenvalue weighted by atomic mass is 16.2. The fourth-order valence-electron chi connectivity index (χ4n) is 2.29. The van der Waals surface area contributed by atoms with Crippen molar-refractivity contribution in [2.45, 2.75) is 39.9 Å². The van der Waals surface area contributed by atoms with Gasteiger partial charge in [-0.1, -0.05) is 36.4 Å². The Morgan fingerprint density at radius 1 is 1.00 bits per heavy atom. The van der Waals surface area contributed by atoms with Crippen molar-refractivity contribution in [1.29, 1.82) is 0 Å². The number of carbonyl (C=O) groups is 1. The Labute approximate surface area is 138 Å². The number of hydrogen-bond donors (Lipinski definition) is 3. The zero-order valence-electron chi connectivity index (χ0n) is 14.0. The van der Waals surface area contributed by atoms with Gasteiger partial charge in [0.25, 0.3) is 0 Å². The van der Waals surface area contributed by atoms with E-state index in [1.54, 1.807) is 0 Å². The molecular formula is C19H25N3O. The fourth-order valence-corrected chi connectivity index (χ4v) is 2.29. The topological polar surface area (TPSA) is 53.2 Å². The summed E-state index contributed by atoms with van der Waals surface area (Å²) in [7, 11) is 0. The van der Waals surface area contributed by atoms with Gasteiger partial charge in [-0.15, -0.1) is 0 Å². The minimum Gasteiger partial charge on any atom is -0.336 e. The molecule has 2 rings (SSSR count). The Kier molecular flexibility index (Phi) is 6.18. The van der Waals surface area contributed by atoms with Gasteiger partial charge in [-0.25, -0.2) is 4.79 Å². The standard InChI is InChI=1S/C19H25N3O/c1-14(2)21-19(23)22-18-10-8-16(9-11-18)12-20-13-17-7-5-4-6-15(17)3/h4-11,14,20H,12-13H2,1-3H3,(H2,21,22,23). The summed E-state index contributed by atoms with van der Waals surface area (Å²) in [5.41, 5.74) is 4.60. The van der Waals surface area contributed by atoms with Crippen LogP contribution in [0.3, 0.4) is 0 Å². The molecule has 0 saturated carbocycles. The lowest BCUT2D eigenvalue weighted by molar-refractivity contribution is 0.250. The lowest BCUT2D eigenvalue weighted by atomic mass is 10.1. The maximum Gasteiger partial charge on any atom is 0.319 e. The first-order valence-corrected chi connectivity index (χ1v) is 7.96. The monoisotopic (exact) mass is 311 g/mol. The van der Waals surface area contributed by atoms with E-state index < -0.39 is 0 Å². The van der Waals surface area contributed by atoms with Crippen LogP contribution in [0.4, 0.5) is 10.5 Å². The molecular weight excluding hydrogens is 286 g/mol. The van der Waals surface area contributed by atoms with Crippen LogP contribution >= 0.6 is 0 Å². The zero-order chi connectivity index (χ0) is 16.7. The van der Waals surface area contributed by atoms with Crippen molar-refractivity contribution in [2.75, 3.05) is 5.32 Å². The molecule has 0 saturated heterocycles. The predicted octanol–water partition coefficient (Wildman–Crippen LogP) is 3.81. The van der Waals surface area contributed by atoms with Gasteiger partial charge >= 0.3 is 6.03 Å². The number of benzene rings is 2. The summed E-state index contributed by atoms with van der Waals surface area (Å²) < 4.78 is 0. The third-order valence-corrected chi connectivity index (χ3v) is 3.54. The van der Waals surface area contributed by atoms with Gasteiger partial charge in [0.05, 0.1) is 0 Å². The van der Waals surface area contributed by atoms with Crippen LogP contribution in [-0.4, -0.2) is 12.1 Å². The van der Waals surface area contributed by atoms with Crippen molar-refractivity contribution in [3.05, 3.63) is 65.2 Å². The normalized spacial score (nSPS) is 10.6. The molecule has 0 aliphatic heterocycles. The van der Waals surface area contributed by atoms with Crippen molar-refractivity contribution in [3.8, 4) is 0 Å². The Balaban J connectivity index is 1.81. The van der Waals surface area contributed by atoms with E-state index in [9.17, 15) is 4.79 Å². The molecule has 23 heavy (non-hydrogen) atoms. The molecule has 4 nitrogen and oxygen atoms in total. The molecule has 0 fully saturated rings. The summed E-state index contributed by atoms with van der Waals surface area (Å²) in [5, 5.41) is 9.07. The molecule has 0 unspecified atom stereocenters. The lowest BCUT2D eigenvalue weighted by Crippen LogP contribution is -2.34. The van der Waals surface area contributed by atoms with Gasteiger partial charge in [-0.3, -0.25) is 0 Å². The highest BCUT2D eigenvalue weighted by Crippen LogP contribution is 2.10. The Morgan fingerprint density at radius 2 is 1.70 bits per heavy atom. The summed E-state index contributed by atoms with van der Waals surface area (Å²) in [6, 6.07) is 16.2. The van der Waals surface area contributed by atoms with Crippen LogP contribution in [0.25, 0.3) is 0 Å². The summed E-state index contributed by atoms with van der Waals surface area (Å²) in [6.45, 7) is 7.64. The number of aryl methyl sites for hydroxylation is 1. The predicted molar refractivity (Wildman–Crippen MR) is 95.5 cm³/mol. The molecule has 2 amide bonds. The van der Waals surface area contributed by atoms with E-state index in [4.69, 9.17) is 0 Å². The number of amides is 2. The maximum atomic E-state index is 11.6. The second kappa shape index (κ2) is 8.34. The van der Waals surface area contributed by atoms with E-state index in [2.05, 4.69) is 47.1 Å². The van der Waals surface area contributed by atoms with Crippen molar-refractivity contribution in [3.63, 3.8) is 0 Å². The zero-order valence-corrected chi connectivity index (χ0v) is 14.0. The van der Waals surface area contributed by atoms with E-state index in [1.807, 2.05) is 38.1 Å². The summed E-state index contributed by atoms with van der Waals surface area (Å²) in [6.07, 6.45) is 0. The van der Waals surface area contributed by atoms with Crippen LogP contribution in [0.15, 0.2) is 48.5 Å². The number of rotatable bonds is 6. The molecule has 0 bridgehead atoms. The van der Waals surface area contributed by atoms with E-state index >= 15 is 0 Å². The quantitative estimate of drug-likeness (QED) is 0.760. The van der Waals surface area contributed by atoms with Gasteiger partial charge in [-0.05, 0) is 49.6 Å². The summed E-state index contributed by atoms with van der Waals surface area (Å²) in [4.78, 5) is 11.6. The Bertz CT molecular complexity index is 635. The van der Waals surface area contributed by atoms with Gasteiger partial charge < -0.3 is 16.0 Å². The van der Waals surface area contributed by atoms with Crippen LogP contribution in [0.2, 0.25) is 0 Å². The minimum atomic E-state index is -0.176. The first-order chi connectivity index (χ1) is 11.0. The van der Waals surface area contributed by atoms with E-state index in [-0.39, 0.29) is 12.1 Å². The van der Waals surface area contributed by atoms with Crippen LogP contribution < -0.4 is 16.0 Å². The smallest absolute Gasteiger partial charge is 0.319 e. The van der Waals surface area contributed by atoms with Gasteiger partial charge in [-0.2, -0.15) is 0 Å². The second-order valence-corrected chi connectivity index (χ2v) is 5.98. The third kappa shape index (κ3) is 5.75. The maximum absolute atomic E-state index is 11.6. The average molecular weight is 311 g/mol. The van der Waals surface area contributed by atoms with Crippen molar-refractivity contribution in [2.24, 2.45) is 0 Å². The molecule has 0 heterocycles. The molecule has 2 aromatic carbocycles. The second-order valence-electron chi connectivity index (χ2n) is 5.98. The van der Waals surface area contributed by atoms with Gasteiger partial charge in [0, 0.05) is 24.8 Å². The fraction of sp³-hybridized carbons (Fsp3) is 0.316. The van der Waals surface area contributed by atoms with Crippen LogP contribution in [0.1, 0.15) is 30.5 Å². The first-order valence-electron chi connectivity index (χ1n) is 7.96. The van der Waals surface area contributed by atoms with Crippen LogP contribution in [-0.2, 0) is 13.1 Å². The Hall–Kier alpha value is -2.33. The summed E-state index contributed by atoms with van der Waals surface area (Å²) >= 11 is 0. The van der Waals surface area contributed by atoms with E-state index in [1.165, 1.54) is 16.7 Å². The lowest BCUT2D eigenvalue weighted by Gasteiger charge is -2.11. The number of carbonyl (C=O) groups excluding carboxylic acids is 1. The highest BCUT2D eigenvalue weighted by molar-refractivity contribution is 5.89. The van der Waals surface area contributed by atoms with Gasteiger partial charge in [0.1, 0.15) is 0 Å². The van der Waals surface area contributed by atoms with Crippen LogP contribution in [0, 0.1) is 6.92 Å². The SMILES string of the molecule is Cc1ccccc1CNCc1ccc(NC(=O)NC(C)C)cc1. The highest BCUT2D eigenvalue weighted by Gasteiger charge is 2.03. The first kappa shape index (κ1) is 17.0. The van der Waals surface area contributed by atoms with Crippen LogP contribution in [0.5, 0.6) is 0 Å². The minimum absolute atomic E-state index is 0.125. The third-order valence-electron chi connectivity index (χ3n) is 3.54. The number of urea groups is 1. The van der Waals surface area contributed by atoms with Gasteiger partial charge in [0.15, 0.2) is 0 Å². The molecule has 122 valence electrons. The molecule has 4 heteroatoms. The van der Waals surface area contributed by atoms with Gasteiger partial charge in [0.2, 0.25) is 0 Å².